The molecule has 2 heterocycles. The molecule has 2 nitrogen and oxygen atoms in total. The third-order valence-corrected chi connectivity index (χ3v) is 4.91. The first-order valence-corrected chi connectivity index (χ1v) is 7.80. The van der Waals surface area contributed by atoms with Crippen molar-refractivity contribution in [3.8, 4) is 0 Å². The monoisotopic (exact) mass is 292 g/mol. The molecule has 0 radical (unpaired) electrons. The molecule has 0 aliphatic carbocycles. The van der Waals surface area contributed by atoms with Gasteiger partial charge in [0.15, 0.2) is 0 Å². The summed E-state index contributed by atoms with van der Waals surface area (Å²) < 4.78 is 0. The van der Waals surface area contributed by atoms with E-state index >= 15 is 0 Å². The minimum atomic E-state index is 0.566. The number of anilines is 1. The van der Waals surface area contributed by atoms with Crippen molar-refractivity contribution in [2.75, 3.05) is 18.0 Å². The lowest BCUT2D eigenvalue weighted by Crippen LogP contribution is -2.21. The van der Waals surface area contributed by atoms with E-state index < -0.39 is 0 Å². The average molecular weight is 293 g/mol. The van der Waals surface area contributed by atoms with Crippen molar-refractivity contribution in [2.45, 2.75) is 18.9 Å². The second kappa shape index (κ2) is 5.53. The number of rotatable bonds is 4. The fourth-order valence-corrected chi connectivity index (χ4v) is 3.89. The van der Waals surface area contributed by atoms with Gasteiger partial charge in [0.25, 0.3) is 0 Å². The highest BCUT2D eigenvalue weighted by Crippen LogP contribution is 2.39. The Hall–Kier alpha value is -1.03. The Morgan fingerprint density at radius 1 is 1.37 bits per heavy atom. The number of hydrogen-bond acceptors (Lipinski definition) is 3. The van der Waals surface area contributed by atoms with Gasteiger partial charge in [-0.1, -0.05) is 29.8 Å². The smallest absolute Gasteiger partial charge is 0.0523 e. The van der Waals surface area contributed by atoms with Crippen LogP contribution in [0.3, 0.4) is 0 Å². The molecule has 0 saturated carbocycles. The van der Waals surface area contributed by atoms with Crippen LogP contribution in [0, 0.1) is 0 Å². The van der Waals surface area contributed by atoms with E-state index in [9.17, 15) is 0 Å². The van der Waals surface area contributed by atoms with E-state index in [1.54, 1.807) is 11.3 Å². The molecule has 0 bridgehead atoms. The summed E-state index contributed by atoms with van der Waals surface area (Å²) in [6.45, 7) is 2.75. The molecule has 1 aromatic carbocycles. The number of fused-ring (bicyclic) bond motifs is 1. The van der Waals surface area contributed by atoms with Gasteiger partial charge in [0, 0.05) is 28.4 Å². The molecule has 100 valence electrons. The van der Waals surface area contributed by atoms with E-state index in [0.717, 1.165) is 31.1 Å². The van der Waals surface area contributed by atoms with Gasteiger partial charge in [0.2, 0.25) is 0 Å². The van der Waals surface area contributed by atoms with Gasteiger partial charge in [-0.2, -0.15) is 0 Å². The zero-order chi connectivity index (χ0) is 13.2. The molecule has 0 fully saturated rings. The first-order valence-electron chi connectivity index (χ1n) is 6.55. The lowest BCUT2D eigenvalue weighted by atomic mass is 9.98. The van der Waals surface area contributed by atoms with Crippen LogP contribution in [-0.4, -0.2) is 13.1 Å². The second-order valence-corrected chi connectivity index (χ2v) is 6.38. The summed E-state index contributed by atoms with van der Waals surface area (Å²) in [6, 6.07) is 10.7. The Bertz CT molecular complexity index is 567. The van der Waals surface area contributed by atoms with Crippen LogP contribution in [0.25, 0.3) is 0 Å². The highest BCUT2D eigenvalue weighted by atomic mass is 35.5. The molecule has 1 aliphatic rings. The van der Waals surface area contributed by atoms with E-state index in [4.69, 9.17) is 17.3 Å². The minimum absolute atomic E-state index is 0.566. The van der Waals surface area contributed by atoms with Gasteiger partial charge in [-0.05, 0) is 30.7 Å². The van der Waals surface area contributed by atoms with Gasteiger partial charge < -0.3 is 10.6 Å². The van der Waals surface area contributed by atoms with Gasteiger partial charge in [-0.25, -0.2) is 0 Å². The van der Waals surface area contributed by atoms with Crippen LogP contribution in [0.5, 0.6) is 0 Å². The highest BCUT2D eigenvalue weighted by Gasteiger charge is 2.27. The molecule has 2 aromatic rings. The molecular formula is C15H17ClN2S. The number of halogens is 1. The molecule has 4 heteroatoms. The number of para-hydroxylation sites is 1. The van der Waals surface area contributed by atoms with E-state index in [-0.39, 0.29) is 0 Å². The van der Waals surface area contributed by atoms with Crippen LogP contribution in [0.2, 0.25) is 5.02 Å². The molecule has 0 amide bonds. The predicted molar refractivity (Wildman–Crippen MR) is 83.2 cm³/mol. The number of nitrogens with two attached hydrogens (primary N) is 1. The molecule has 0 saturated heterocycles. The molecule has 1 aliphatic heterocycles. The minimum Gasteiger partial charge on any atom is -0.366 e. The van der Waals surface area contributed by atoms with Gasteiger partial charge >= 0.3 is 0 Å². The Balaban J connectivity index is 1.84. The fourth-order valence-electron chi connectivity index (χ4n) is 2.81. The van der Waals surface area contributed by atoms with Crippen LogP contribution in [0.1, 0.15) is 22.8 Å². The van der Waals surface area contributed by atoms with Crippen molar-refractivity contribution in [1.29, 1.82) is 0 Å². The van der Waals surface area contributed by atoms with Crippen molar-refractivity contribution in [3.05, 3.63) is 51.2 Å². The number of thiophene rings is 1. The normalized spacial score (nSPS) is 17.8. The summed E-state index contributed by atoms with van der Waals surface area (Å²) in [5, 5.41) is 2.84. The second-order valence-electron chi connectivity index (χ2n) is 4.94. The maximum absolute atomic E-state index is 6.00. The van der Waals surface area contributed by atoms with Crippen LogP contribution in [0.15, 0.2) is 35.7 Å². The Kier molecular flexibility index (Phi) is 3.78. The summed E-state index contributed by atoms with van der Waals surface area (Å²) in [7, 11) is 0. The third-order valence-electron chi connectivity index (χ3n) is 3.64. The maximum atomic E-state index is 6.00. The largest absolute Gasteiger partial charge is 0.366 e. The number of hydrogen-bond donors (Lipinski definition) is 1. The van der Waals surface area contributed by atoms with E-state index in [0.29, 0.717) is 5.92 Å². The molecular weight excluding hydrogens is 276 g/mol. The molecule has 1 aromatic heterocycles. The number of benzene rings is 1. The molecule has 0 spiro atoms. The van der Waals surface area contributed by atoms with Gasteiger partial charge in [-0.3, -0.25) is 0 Å². The van der Waals surface area contributed by atoms with Crippen molar-refractivity contribution >= 4 is 28.6 Å². The van der Waals surface area contributed by atoms with Crippen molar-refractivity contribution in [2.24, 2.45) is 5.73 Å². The van der Waals surface area contributed by atoms with Crippen LogP contribution in [-0.2, 0) is 6.54 Å². The average Bonchev–Trinajstić information content (AvgIpc) is 2.97. The highest BCUT2D eigenvalue weighted by molar-refractivity contribution is 7.10. The van der Waals surface area contributed by atoms with Gasteiger partial charge in [-0.15, -0.1) is 11.3 Å². The van der Waals surface area contributed by atoms with Crippen LogP contribution >= 0.6 is 22.9 Å². The van der Waals surface area contributed by atoms with E-state index in [1.165, 1.54) is 16.1 Å². The predicted octanol–water partition coefficient (Wildman–Crippen LogP) is 3.85. The maximum Gasteiger partial charge on any atom is 0.0523 e. The summed E-state index contributed by atoms with van der Waals surface area (Å²) in [5.74, 6) is 0.566. The van der Waals surface area contributed by atoms with E-state index in [1.807, 2.05) is 5.38 Å². The van der Waals surface area contributed by atoms with Crippen molar-refractivity contribution in [3.63, 3.8) is 0 Å². The van der Waals surface area contributed by atoms with Crippen LogP contribution < -0.4 is 10.6 Å². The van der Waals surface area contributed by atoms with Gasteiger partial charge in [0.05, 0.1) is 11.6 Å². The first-order chi connectivity index (χ1) is 9.28. The molecule has 1 atom stereocenters. The first kappa shape index (κ1) is 13.0. The lowest BCUT2D eigenvalue weighted by molar-refractivity contribution is 0.645. The SMILES string of the molecule is NCCC1CN(Cc2cc(Cl)cs2)c2ccccc21. The fraction of sp³-hybridized carbons (Fsp3) is 0.333. The number of nitrogens with zero attached hydrogens (tertiary/aromatic N) is 1. The molecule has 3 rings (SSSR count). The lowest BCUT2D eigenvalue weighted by Gasteiger charge is -2.19. The summed E-state index contributed by atoms with van der Waals surface area (Å²) in [6.07, 6.45) is 1.05. The quantitative estimate of drug-likeness (QED) is 0.927. The van der Waals surface area contributed by atoms with E-state index in [2.05, 4.69) is 35.2 Å². The van der Waals surface area contributed by atoms with Crippen molar-refractivity contribution < 1.29 is 0 Å². The topological polar surface area (TPSA) is 29.3 Å². The summed E-state index contributed by atoms with van der Waals surface area (Å²) >= 11 is 7.73. The zero-order valence-corrected chi connectivity index (χ0v) is 12.3. The third kappa shape index (κ3) is 2.64. The Morgan fingerprint density at radius 3 is 2.95 bits per heavy atom. The molecule has 19 heavy (non-hydrogen) atoms. The van der Waals surface area contributed by atoms with Crippen LogP contribution in [0.4, 0.5) is 5.69 Å². The Morgan fingerprint density at radius 2 is 2.21 bits per heavy atom. The zero-order valence-electron chi connectivity index (χ0n) is 10.7. The van der Waals surface area contributed by atoms with Gasteiger partial charge in [0.1, 0.15) is 0 Å². The summed E-state index contributed by atoms with van der Waals surface area (Å²) in [4.78, 5) is 3.76. The van der Waals surface area contributed by atoms with Crippen molar-refractivity contribution in [1.82, 2.24) is 0 Å². The molecule has 2 N–H and O–H groups in total. The summed E-state index contributed by atoms with van der Waals surface area (Å²) in [5.41, 5.74) is 8.53. The standard InChI is InChI=1S/C15H17ClN2S/c16-12-7-13(19-10-12)9-18-8-11(5-6-17)14-3-1-2-4-15(14)18/h1-4,7,10-11H,5-6,8-9,17H2. The molecule has 1 unspecified atom stereocenters. The Labute approximate surface area is 122 Å².